The Morgan fingerprint density at radius 2 is 2.07 bits per heavy atom. The molecule has 3 fully saturated rings. The predicted molar refractivity (Wildman–Crippen MR) is 167 cm³/mol. The molecule has 7 heterocycles. The lowest BCUT2D eigenvalue weighted by Crippen LogP contribution is -2.57. The third-order valence-corrected chi connectivity index (χ3v) is 12.1. The highest BCUT2D eigenvalue weighted by Crippen LogP contribution is 2.57. The average Bonchev–Trinajstić information content (AvgIpc) is 3.68. The van der Waals surface area contributed by atoms with Crippen molar-refractivity contribution in [2.45, 2.75) is 61.4 Å². The molecule has 4 aliphatic heterocycles. The molecule has 226 valence electrons. The summed E-state index contributed by atoms with van der Waals surface area (Å²) < 4.78 is 20.5. The molecule has 7 rings (SSSR count). The summed E-state index contributed by atoms with van der Waals surface area (Å²) in [6.07, 6.45) is 1.55. The molecule has 0 radical (unpaired) electrons. The van der Waals surface area contributed by atoms with Gasteiger partial charge in [-0.2, -0.15) is 20.2 Å². The van der Waals surface area contributed by atoms with Crippen LogP contribution in [0.2, 0.25) is 0 Å². The van der Waals surface area contributed by atoms with Crippen LogP contribution in [0.15, 0.2) is 12.1 Å². The van der Waals surface area contributed by atoms with Crippen molar-refractivity contribution in [2.24, 2.45) is 0 Å². The van der Waals surface area contributed by atoms with E-state index in [0.717, 1.165) is 42.0 Å². The lowest BCUT2D eigenvalue weighted by Gasteiger charge is -2.47. The minimum absolute atomic E-state index is 0.176. The van der Waals surface area contributed by atoms with Crippen LogP contribution >= 0.6 is 23.1 Å². The van der Waals surface area contributed by atoms with E-state index < -0.39 is 6.17 Å². The largest absolute Gasteiger partial charge is 0.461 e. The van der Waals surface area contributed by atoms with Gasteiger partial charge in [-0.3, -0.25) is 4.90 Å². The fourth-order valence-corrected chi connectivity index (χ4v) is 9.91. The summed E-state index contributed by atoms with van der Waals surface area (Å²) in [5.41, 5.74) is 15.5. The predicted octanol–water partition coefficient (Wildman–Crippen LogP) is 3.79. The molecule has 0 aliphatic carbocycles. The maximum absolute atomic E-state index is 14.4. The SMILES string of the molecule is Cc1ccc(C(C)N(C)c2nc(OC[C@@]34CCCN3C[C@H](F)C4)nc(N3CC4(C3)SCc3sc(N)c(C#N)c34)n2)c(N)n1. The van der Waals surface area contributed by atoms with E-state index in [4.69, 9.17) is 31.2 Å². The van der Waals surface area contributed by atoms with Gasteiger partial charge in [-0.15, -0.1) is 23.1 Å². The molecule has 0 saturated carbocycles. The van der Waals surface area contributed by atoms with E-state index in [9.17, 15) is 9.65 Å². The highest BCUT2D eigenvalue weighted by molar-refractivity contribution is 8.00. The second-order valence-electron chi connectivity index (χ2n) is 12.2. The van der Waals surface area contributed by atoms with E-state index in [1.165, 1.54) is 16.2 Å². The number of rotatable bonds is 7. The number of nitrogens with two attached hydrogens (primary N) is 2. The molecule has 4 aliphatic rings. The summed E-state index contributed by atoms with van der Waals surface area (Å²) >= 11 is 3.36. The molecule has 0 aromatic carbocycles. The molecule has 0 amide bonds. The van der Waals surface area contributed by atoms with Gasteiger partial charge >= 0.3 is 6.01 Å². The van der Waals surface area contributed by atoms with Crippen molar-refractivity contribution in [3.05, 3.63) is 39.4 Å². The summed E-state index contributed by atoms with van der Waals surface area (Å²) in [5, 5.41) is 10.4. The number of alkyl halides is 1. The third-order valence-electron chi connectivity index (χ3n) is 9.50. The first-order valence-electron chi connectivity index (χ1n) is 14.6. The average molecular weight is 623 g/mol. The summed E-state index contributed by atoms with van der Waals surface area (Å²) in [4.78, 5) is 26.3. The number of halogens is 1. The molecule has 1 spiro atoms. The van der Waals surface area contributed by atoms with Gasteiger partial charge in [0.1, 0.15) is 29.7 Å². The number of nitrogen functional groups attached to an aromatic ring is 2. The van der Waals surface area contributed by atoms with Crippen molar-refractivity contribution < 1.29 is 9.13 Å². The Hall–Kier alpha value is -3.41. The van der Waals surface area contributed by atoms with Gasteiger partial charge in [0.25, 0.3) is 0 Å². The normalized spacial score (nSPS) is 24.4. The molecule has 3 saturated heterocycles. The van der Waals surface area contributed by atoms with Crippen LogP contribution < -0.4 is 26.0 Å². The van der Waals surface area contributed by atoms with Crippen LogP contribution in [0.25, 0.3) is 0 Å². The van der Waals surface area contributed by atoms with E-state index >= 15 is 0 Å². The zero-order valence-electron chi connectivity index (χ0n) is 24.5. The number of pyridine rings is 1. The standard InChI is InChI=1S/C29H35FN10OS2/c1-16-5-6-19(23(32)34-16)17(2)38(3)25-35-26(37-27(36-25)41-15-28-7-4-8-40(28)11-18(30)9-28)39-13-29(14-39)22-20(10-31)24(33)43-21(22)12-42-29/h5-6,17-18H,4,7-9,11-15,33H2,1-3H3,(H2,32,34)/t17?,18-,28+/m1/s1. The zero-order chi connectivity index (χ0) is 30.1. The van der Waals surface area contributed by atoms with Crippen LogP contribution in [0.5, 0.6) is 6.01 Å². The van der Waals surface area contributed by atoms with Crippen molar-refractivity contribution in [3.8, 4) is 12.1 Å². The number of aryl methyl sites for hydroxylation is 1. The number of hydrogen-bond donors (Lipinski definition) is 2. The van der Waals surface area contributed by atoms with Gasteiger partial charge in [0.15, 0.2) is 0 Å². The first kappa shape index (κ1) is 28.4. The van der Waals surface area contributed by atoms with E-state index in [1.807, 2.05) is 49.7 Å². The maximum atomic E-state index is 14.4. The molecule has 1 unspecified atom stereocenters. The number of anilines is 4. The molecule has 11 nitrogen and oxygen atoms in total. The smallest absolute Gasteiger partial charge is 0.323 e. The van der Waals surface area contributed by atoms with E-state index in [1.54, 1.807) is 0 Å². The molecule has 3 aromatic rings. The van der Waals surface area contributed by atoms with Gasteiger partial charge in [0.2, 0.25) is 11.9 Å². The fraction of sp³-hybridized carbons (Fsp3) is 0.552. The number of hydrogen-bond acceptors (Lipinski definition) is 13. The van der Waals surface area contributed by atoms with E-state index in [2.05, 4.69) is 20.9 Å². The Kier molecular flexibility index (Phi) is 6.83. The molecule has 3 aromatic heterocycles. The molecular formula is C29H35FN10OS2. The quantitative estimate of drug-likeness (QED) is 0.395. The Morgan fingerprint density at radius 3 is 2.84 bits per heavy atom. The van der Waals surface area contributed by atoms with Crippen LogP contribution in [0.4, 0.5) is 27.1 Å². The molecular weight excluding hydrogens is 588 g/mol. The molecule has 3 atom stereocenters. The van der Waals surface area contributed by atoms with Crippen molar-refractivity contribution in [1.29, 1.82) is 5.26 Å². The molecule has 14 heteroatoms. The second-order valence-corrected chi connectivity index (χ2v) is 14.7. The van der Waals surface area contributed by atoms with E-state index in [0.29, 0.717) is 60.9 Å². The first-order valence-corrected chi connectivity index (χ1v) is 16.4. The number of fused-ring (bicyclic) bond motifs is 3. The maximum Gasteiger partial charge on any atom is 0.323 e. The van der Waals surface area contributed by atoms with E-state index in [-0.39, 0.29) is 22.3 Å². The summed E-state index contributed by atoms with van der Waals surface area (Å²) in [5.74, 6) is 2.26. The highest BCUT2D eigenvalue weighted by Gasteiger charge is 2.53. The lowest BCUT2D eigenvalue weighted by molar-refractivity contribution is 0.107. The molecule has 4 N–H and O–H groups in total. The van der Waals surface area contributed by atoms with Gasteiger partial charge in [0.05, 0.1) is 21.9 Å². The lowest BCUT2D eigenvalue weighted by atomic mass is 9.88. The van der Waals surface area contributed by atoms with Crippen molar-refractivity contribution in [2.75, 3.05) is 61.1 Å². The van der Waals surface area contributed by atoms with Crippen LogP contribution in [0.3, 0.4) is 0 Å². The summed E-state index contributed by atoms with van der Waals surface area (Å²) in [6, 6.07) is 6.29. The number of thioether (sulfide) groups is 1. The molecule has 43 heavy (non-hydrogen) atoms. The Morgan fingerprint density at radius 1 is 1.26 bits per heavy atom. The topological polar surface area (TPSA) is 146 Å². The summed E-state index contributed by atoms with van der Waals surface area (Å²) in [7, 11) is 1.92. The van der Waals surface area contributed by atoms with Crippen LogP contribution in [0, 0.1) is 18.3 Å². The van der Waals surface area contributed by atoms with Gasteiger partial charge in [-0.1, -0.05) is 6.07 Å². The number of nitriles is 1. The monoisotopic (exact) mass is 622 g/mol. The number of nitrogens with zero attached hydrogens (tertiary/aromatic N) is 8. The zero-order valence-corrected chi connectivity index (χ0v) is 26.1. The fourth-order valence-electron chi connectivity index (χ4n) is 7.10. The Balaban J connectivity index is 1.19. The van der Waals surface area contributed by atoms with Crippen molar-refractivity contribution >= 4 is 45.8 Å². The number of ether oxygens (including phenoxy) is 1. The van der Waals surface area contributed by atoms with Gasteiger partial charge in [-0.05, 0) is 39.3 Å². The minimum Gasteiger partial charge on any atom is -0.461 e. The van der Waals surface area contributed by atoms with Crippen LogP contribution in [-0.2, 0) is 10.5 Å². The molecule has 0 bridgehead atoms. The highest BCUT2D eigenvalue weighted by atomic mass is 32.2. The third kappa shape index (κ3) is 4.63. The van der Waals surface area contributed by atoms with Crippen molar-refractivity contribution in [1.82, 2.24) is 24.8 Å². The van der Waals surface area contributed by atoms with Crippen LogP contribution in [-0.4, -0.2) is 76.4 Å². The van der Waals surface area contributed by atoms with Gasteiger partial charge < -0.3 is 26.0 Å². The first-order chi connectivity index (χ1) is 20.6. The Labute approximate surface area is 258 Å². The number of thiophene rings is 1. The van der Waals surface area contributed by atoms with Crippen LogP contribution in [0.1, 0.15) is 59.5 Å². The minimum atomic E-state index is -0.843. The second kappa shape index (κ2) is 10.3. The van der Waals surface area contributed by atoms with Gasteiger partial charge in [-0.25, -0.2) is 9.37 Å². The summed E-state index contributed by atoms with van der Waals surface area (Å²) in [6.45, 7) is 6.90. The van der Waals surface area contributed by atoms with Gasteiger partial charge in [0, 0.05) is 60.6 Å². The Bertz CT molecular complexity index is 1620. The van der Waals surface area contributed by atoms with Crippen molar-refractivity contribution in [3.63, 3.8) is 0 Å². The number of aromatic nitrogens is 4.